The van der Waals surface area contributed by atoms with E-state index in [9.17, 15) is 0 Å². The van der Waals surface area contributed by atoms with Gasteiger partial charge >= 0.3 is 8.56 Å². The zero-order valence-corrected chi connectivity index (χ0v) is 23.9. The first-order valence-electron chi connectivity index (χ1n) is 11.7. The van der Waals surface area contributed by atoms with Gasteiger partial charge in [-0.3, -0.25) is 9.80 Å². The van der Waals surface area contributed by atoms with E-state index >= 15 is 0 Å². The Morgan fingerprint density at radius 1 is 0.516 bits per heavy atom. The molecule has 0 aliphatic carbocycles. The van der Waals surface area contributed by atoms with Crippen LogP contribution >= 0.6 is 0 Å². The largest absolute Gasteiger partial charge is 0.437 e. The lowest BCUT2D eigenvalue weighted by atomic mass is 10.4. The van der Waals surface area contributed by atoms with E-state index in [1.165, 1.54) is 0 Å². The molecule has 11 heteroatoms. The van der Waals surface area contributed by atoms with Crippen LogP contribution in [0.5, 0.6) is 0 Å². The summed E-state index contributed by atoms with van der Waals surface area (Å²) in [5.41, 5.74) is 0. The Morgan fingerprint density at radius 2 is 0.806 bits per heavy atom. The third-order valence-corrected chi connectivity index (χ3v) is 16.7. The van der Waals surface area contributed by atoms with E-state index in [1.54, 1.807) is 0 Å². The third kappa shape index (κ3) is 16.6. The van der Waals surface area contributed by atoms with Crippen molar-refractivity contribution in [3.63, 3.8) is 0 Å². The van der Waals surface area contributed by atoms with Crippen LogP contribution in [0.3, 0.4) is 0 Å². The molecule has 188 valence electrons. The standard InChI is InChI=1S/C20H50N2O6Si3/c1-29(2,19-7-9-21(11-15-23)12-16-24)27-31(5,6)28-30(3,4)20-8-10-22(13-17-25)14-18-26/h23-26H,7-20H2,1-6H3. The summed E-state index contributed by atoms with van der Waals surface area (Å²) in [7, 11) is -6.01. The molecule has 0 amide bonds. The Morgan fingerprint density at radius 3 is 1.06 bits per heavy atom. The van der Waals surface area contributed by atoms with Gasteiger partial charge in [-0.2, -0.15) is 0 Å². The molecule has 0 aliphatic rings. The SMILES string of the molecule is C[Si](C)(CCCN(CCO)CCO)O[Si](C)(C)O[Si](C)(C)CCCN(CCO)CCO. The number of aliphatic hydroxyl groups excluding tert-OH is 4. The summed E-state index contributed by atoms with van der Waals surface area (Å²) in [6.07, 6.45) is 1.99. The van der Waals surface area contributed by atoms with Gasteiger partial charge in [-0.1, -0.05) is 0 Å². The minimum Gasteiger partial charge on any atom is -0.437 e. The van der Waals surface area contributed by atoms with E-state index in [0.29, 0.717) is 26.2 Å². The fourth-order valence-electron chi connectivity index (χ4n) is 4.15. The van der Waals surface area contributed by atoms with Crippen molar-refractivity contribution in [1.82, 2.24) is 9.80 Å². The first-order valence-corrected chi connectivity index (χ1v) is 20.7. The Balaban J connectivity index is 4.55. The van der Waals surface area contributed by atoms with Gasteiger partial charge in [-0.15, -0.1) is 0 Å². The molecule has 0 saturated heterocycles. The Labute approximate surface area is 193 Å². The van der Waals surface area contributed by atoms with Gasteiger partial charge < -0.3 is 28.7 Å². The summed E-state index contributed by atoms with van der Waals surface area (Å²) in [5, 5.41) is 36.6. The van der Waals surface area contributed by atoms with Crippen molar-refractivity contribution in [2.45, 2.75) is 64.2 Å². The lowest BCUT2D eigenvalue weighted by Crippen LogP contribution is -2.52. The van der Waals surface area contributed by atoms with Crippen LogP contribution in [0.25, 0.3) is 0 Å². The van der Waals surface area contributed by atoms with Crippen LogP contribution in [0.2, 0.25) is 51.4 Å². The fourth-order valence-corrected chi connectivity index (χ4v) is 18.2. The molecule has 0 spiro atoms. The molecule has 0 saturated carbocycles. The minimum atomic E-state index is -2.25. The van der Waals surface area contributed by atoms with Gasteiger partial charge in [0, 0.05) is 26.2 Å². The predicted octanol–water partition coefficient (Wildman–Crippen LogP) is 1.49. The van der Waals surface area contributed by atoms with Gasteiger partial charge in [-0.05, 0) is 77.3 Å². The minimum absolute atomic E-state index is 0.114. The van der Waals surface area contributed by atoms with E-state index in [4.69, 9.17) is 28.7 Å². The van der Waals surface area contributed by atoms with E-state index < -0.39 is 25.2 Å². The lowest BCUT2D eigenvalue weighted by Gasteiger charge is -2.39. The van der Waals surface area contributed by atoms with E-state index in [-0.39, 0.29) is 26.4 Å². The summed E-state index contributed by atoms with van der Waals surface area (Å²) in [4.78, 5) is 4.19. The monoisotopic (exact) mass is 498 g/mol. The molecule has 0 aromatic heterocycles. The molecule has 0 bridgehead atoms. The molecule has 0 aromatic rings. The maximum Gasteiger partial charge on any atom is 0.311 e. The molecule has 4 N–H and O–H groups in total. The van der Waals surface area contributed by atoms with Crippen molar-refractivity contribution in [2.24, 2.45) is 0 Å². The predicted molar refractivity (Wildman–Crippen MR) is 135 cm³/mol. The van der Waals surface area contributed by atoms with Crippen molar-refractivity contribution in [3.05, 3.63) is 0 Å². The average Bonchev–Trinajstić information content (AvgIpc) is 2.60. The second-order valence-electron chi connectivity index (χ2n) is 9.91. The summed E-state index contributed by atoms with van der Waals surface area (Å²) < 4.78 is 13.3. The normalized spacial score (nSPS) is 13.5. The van der Waals surface area contributed by atoms with Crippen LogP contribution in [0.1, 0.15) is 12.8 Å². The smallest absolute Gasteiger partial charge is 0.311 e. The summed E-state index contributed by atoms with van der Waals surface area (Å²) in [6, 6.07) is 2.05. The molecule has 0 rings (SSSR count). The maximum absolute atomic E-state index is 9.16. The van der Waals surface area contributed by atoms with Gasteiger partial charge in [0.05, 0.1) is 26.4 Å². The lowest BCUT2D eigenvalue weighted by molar-refractivity contribution is 0.161. The highest BCUT2D eigenvalue weighted by atomic mass is 28.5. The van der Waals surface area contributed by atoms with Crippen molar-refractivity contribution < 1.29 is 28.7 Å². The summed E-state index contributed by atoms with van der Waals surface area (Å²) in [5.74, 6) is 0. The number of hydrogen-bond donors (Lipinski definition) is 4. The zero-order valence-electron chi connectivity index (χ0n) is 20.9. The molecule has 8 nitrogen and oxygen atoms in total. The quantitative estimate of drug-likeness (QED) is 0.187. The highest BCUT2D eigenvalue weighted by molar-refractivity contribution is 6.87. The molecule has 0 fully saturated rings. The fraction of sp³-hybridized carbons (Fsp3) is 1.00. The topological polar surface area (TPSA) is 106 Å². The van der Waals surface area contributed by atoms with Crippen LogP contribution in [-0.4, -0.2) is 121 Å². The number of nitrogens with zero attached hydrogens (tertiary/aromatic N) is 2. The highest BCUT2D eigenvalue weighted by Gasteiger charge is 2.39. The second-order valence-corrected chi connectivity index (χ2v) is 22.4. The van der Waals surface area contributed by atoms with Gasteiger partial charge in [0.25, 0.3) is 0 Å². The number of rotatable bonds is 20. The van der Waals surface area contributed by atoms with Gasteiger partial charge in [0.2, 0.25) is 0 Å². The Bertz CT molecular complexity index is 409. The second kappa shape index (κ2) is 16.0. The molecule has 0 radical (unpaired) electrons. The number of aliphatic hydroxyl groups is 4. The van der Waals surface area contributed by atoms with Crippen molar-refractivity contribution in [3.8, 4) is 0 Å². The van der Waals surface area contributed by atoms with Crippen molar-refractivity contribution in [2.75, 3.05) is 65.7 Å². The van der Waals surface area contributed by atoms with Gasteiger partial charge in [-0.25, -0.2) is 0 Å². The molecular formula is C20H50N2O6Si3. The van der Waals surface area contributed by atoms with Gasteiger partial charge in [0.1, 0.15) is 0 Å². The maximum atomic E-state index is 9.16. The molecule has 31 heavy (non-hydrogen) atoms. The van der Waals surface area contributed by atoms with Crippen LogP contribution in [0, 0.1) is 0 Å². The first kappa shape index (κ1) is 31.3. The molecule has 0 aliphatic heterocycles. The zero-order chi connectivity index (χ0) is 24.0. The molecule has 0 atom stereocenters. The van der Waals surface area contributed by atoms with Crippen LogP contribution < -0.4 is 0 Å². The van der Waals surface area contributed by atoms with Crippen molar-refractivity contribution in [1.29, 1.82) is 0 Å². The van der Waals surface area contributed by atoms with E-state index in [0.717, 1.165) is 38.0 Å². The van der Waals surface area contributed by atoms with Crippen LogP contribution in [-0.2, 0) is 8.23 Å². The average molecular weight is 499 g/mol. The third-order valence-electron chi connectivity index (χ3n) is 5.22. The number of hydrogen-bond acceptors (Lipinski definition) is 8. The Kier molecular flexibility index (Phi) is 16.2. The molecule has 0 heterocycles. The van der Waals surface area contributed by atoms with Crippen molar-refractivity contribution >= 4 is 25.2 Å². The first-order chi connectivity index (χ1) is 14.4. The van der Waals surface area contributed by atoms with E-state index in [2.05, 4.69) is 49.1 Å². The molecule has 0 aromatic carbocycles. The summed E-state index contributed by atoms with van der Waals surface area (Å²) >= 11 is 0. The molecular weight excluding hydrogens is 448 g/mol. The molecule has 0 unspecified atom stereocenters. The van der Waals surface area contributed by atoms with E-state index in [1.807, 2.05) is 0 Å². The van der Waals surface area contributed by atoms with Crippen LogP contribution in [0.4, 0.5) is 0 Å². The highest BCUT2D eigenvalue weighted by Crippen LogP contribution is 2.26. The Hall–Kier alpha value is 0.331. The summed E-state index contributed by atoms with van der Waals surface area (Å²) in [6.45, 7) is 17.9. The van der Waals surface area contributed by atoms with Crippen LogP contribution in [0.15, 0.2) is 0 Å². The van der Waals surface area contributed by atoms with Gasteiger partial charge in [0.15, 0.2) is 16.6 Å².